The molecule has 0 saturated carbocycles. The Balaban J connectivity index is 1.72. The van der Waals surface area contributed by atoms with Crippen molar-refractivity contribution in [2.45, 2.75) is 12.8 Å². The topological polar surface area (TPSA) is 30.0 Å². The Morgan fingerprint density at radius 2 is 1.57 bits per heavy atom. The Bertz CT molecular complexity index is 807. The highest BCUT2D eigenvalue weighted by molar-refractivity contribution is 6.09. The number of hydrogen-bond acceptors (Lipinski definition) is 2. The second-order valence-electron chi connectivity index (χ2n) is 5.65. The van der Waals surface area contributed by atoms with Gasteiger partial charge in [-0.15, -0.1) is 0 Å². The summed E-state index contributed by atoms with van der Waals surface area (Å²) in [7, 11) is 0. The Hall–Kier alpha value is -2.48. The molecule has 0 fully saturated rings. The quantitative estimate of drug-likeness (QED) is 0.664. The van der Waals surface area contributed by atoms with Gasteiger partial charge in [-0.1, -0.05) is 48.5 Å². The standard InChI is InChI=1S/C19H15NO/c21-19(16-9-13-5-1-2-6-14(13)10-16)18-12-20-11-15-7-3-4-8-17(15)18/h1-8,11-12,16H,9-10H2. The Morgan fingerprint density at radius 1 is 0.905 bits per heavy atom. The number of fused-ring (bicyclic) bond motifs is 2. The van der Waals surface area contributed by atoms with Crippen molar-refractivity contribution in [2.24, 2.45) is 5.92 Å². The molecular formula is C19H15NO. The van der Waals surface area contributed by atoms with Crippen LogP contribution in [0, 0.1) is 5.92 Å². The van der Waals surface area contributed by atoms with Crippen molar-refractivity contribution in [1.82, 2.24) is 4.98 Å². The van der Waals surface area contributed by atoms with E-state index in [-0.39, 0.29) is 11.7 Å². The van der Waals surface area contributed by atoms with E-state index in [1.165, 1.54) is 11.1 Å². The molecule has 1 aliphatic carbocycles. The van der Waals surface area contributed by atoms with Gasteiger partial charge in [0, 0.05) is 29.3 Å². The molecule has 3 aromatic rings. The van der Waals surface area contributed by atoms with Gasteiger partial charge in [-0.05, 0) is 29.4 Å². The van der Waals surface area contributed by atoms with E-state index in [1.54, 1.807) is 6.20 Å². The Morgan fingerprint density at radius 3 is 2.33 bits per heavy atom. The molecule has 1 aliphatic rings. The lowest BCUT2D eigenvalue weighted by Gasteiger charge is -2.10. The van der Waals surface area contributed by atoms with E-state index in [9.17, 15) is 4.79 Å². The van der Waals surface area contributed by atoms with E-state index in [4.69, 9.17) is 0 Å². The number of carbonyl (C=O) groups excluding carboxylic acids is 1. The van der Waals surface area contributed by atoms with Crippen LogP contribution in [0.25, 0.3) is 10.8 Å². The van der Waals surface area contributed by atoms with Crippen molar-refractivity contribution in [3.8, 4) is 0 Å². The molecule has 1 aromatic heterocycles. The van der Waals surface area contributed by atoms with Crippen LogP contribution in [-0.2, 0) is 12.8 Å². The van der Waals surface area contributed by atoms with Crippen LogP contribution >= 0.6 is 0 Å². The van der Waals surface area contributed by atoms with Gasteiger partial charge < -0.3 is 0 Å². The predicted molar refractivity (Wildman–Crippen MR) is 83.4 cm³/mol. The van der Waals surface area contributed by atoms with E-state index in [0.29, 0.717) is 0 Å². The number of pyridine rings is 1. The third kappa shape index (κ3) is 2.04. The molecule has 21 heavy (non-hydrogen) atoms. The first kappa shape index (κ1) is 12.3. The van der Waals surface area contributed by atoms with Crippen molar-refractivity contribution >= 4 is 16.6 Å². The third-order valence-corrected chi connectivity index (χ3v) is 4.36. The number of ketones is 1. The van der Waals surface area contributed by atoms with Gasteiger partial charge >= 0.3 is 0 Å². The number of aromatic nitrogens is 1. The number of rotatable bonds is 2. The lowest BCUT2D eigenvalue weighted by atomic mass is 9.93. The first-order chi connectivity index (χ1) is 10.3. The summed E-state index contributed by atoms with van der Waals surface area (Å²) < 4.78 is 0. The van der Waals surface area contributed by atoms with Crippen molar-refractivity contribution in [3.63, 3.8) is 0 Å². The van der Waals surface area contributed by atoms with Gasteiger partial charge in [0.15, 0.2) is 5.78 Å². The molecule has 2 nitrogen and oxygen atoms in total. The van der Waals surface area contributed by atoms with Crippen LogP contribution in [-0.4, -0.2) is 10.8 Å². The average molecular weight is 273 g/mol. The lowest BCUT2D eigenvalue weighted by molar-refractivity contribution is 0.0926. The number of hydrogen-bond donors (Lipinski definition) is 0. The zero-order valence-electron chi connectivity index (χ0n) is 11.6. The highest BCUT2D eigenvalue weighted by Crippen LogP contribution is 2.30. The molecule has 0 amide bonds. The largest absolute Gasteiger partial charge is 0.294 e. The molecule has 0 atom stereocenters. The molecule has 2 aromatic carbocycles. The monoisotopic (exact) mass is 273 g/mol. The van der Waals surface area contributed by atoms with Crippen molar-refractivity contribution in [1.29, 1.82) is 0 Å². The molecule has 0 spiro atoms. The van der Waals surface area contributed by atoms with Crippen LogP contribution in [0.4, 0.5) is 0 Å². The molecule has 1 heterocycles. The summed E-state index contributed by atoms with van der Waals surface area (Å²) in [6, 6.07) is 16.3. The summed E-state index contributed by atoms with van der Waals surface area (Å²) in [5, 5.41) is 2.03. The number of Topliss-reactive ketones (excluding diaryl/α,β-unsaturated/α-hetero) is 1. The Kier molecular flexibility index (Phi) is 2.81. The van der Waals surface area contributed by atoms with E-state index in [2.05, 4.69) is 17.1 Å². The van der Waals surface area contributed by atoms with Gasteiger partial charge in [0.1, 0.15) is 0 Å². The highest BCUT2D eigenvalue weighted by atomic mass is 16.1. The first-order valence-electron chi connectivity index (χ1n) is 7.26. The van der Waals surface area contributed by atoms with Crippen LogP contribution in [0.1, 0.15) is 21.5 Å². The molecule has 0 radical (unpaired) electrons. The maximum absolute atomic E-state index is 12.9. The van der Waals surface area contributed by atoms with Crippen molar-refractivity contribution < 1.29 is 4.79 Å². The summed E-state index contributed by atoms with van der Waals surface area (Å²) in [6.07, 6.45) is 5.22. The zero-order valence-corrected chi connectivity index (χ0v) is 11.6. The molecule has 2 heteroatoms. The lowest BCUT2D eigenvalue weighted by Crippen LogP contribution is -2.15. The van der Waals surface area contributed by atoms with Crippen LogP contribution in [0.2, 0.25) is 0 Å². The fourth-order valence-electron chi connectivity index (χ4n) is 3.28. The van der Waals surface area contributed by atoms with Crippen LogP contribution in [0.5, 0.6) is 0 Å². The van der Waals surface area contributed by atoms with Gasteiger partial charge in [0.2, 0.25) is 0 Å². The summed E-state index contributed by atoms with van der Waals surface area (Å²) in [6.45, 7) is 0. The summed E-state index contributed by atoms with van der Waals surface area (Å²) >= 11 is 0. The fraction of sp³-hybridized carbons (Fsp3) is 0.158. The highest BCUT2D eigenvalue weighted by Gasteiger charge is 2.28. The van der Waals surface area contributed by atoms with Crippen molar-refractivity contribution in [2.75, 3.05) is 0 Å². The minimum absolute atomic E-state index is 0.0509. The zero-order chi connectivity index (χ0) is 14.2. The third-order valence-electron chi connectivity index (χ3n) is 4.36. The second-order valence-corrected chi connectivity index (χ2v) is 5.65. The average Bonchev–Trinajstić information content (AvgIpc) is 2.97. The molecule has 0 saturated heterocycles. The minimum Gasteiger partial charge on any atom is -0.294 e. The summed E-state index contributed by atoms with van der Waals surface area (Å²) in [5.41, 5.74) is 3.37. The molecule has 4 rings (SSSR count). The first-order valence-corrected chi connectivity index (χ1v) is 7.26. The van der Waals surface area contributed by atoms with E-state index in [0.717, 1.165) is 29.2 Å². The summed E-state index contributed by atoms with van der Waals surface area (Å²) in [4.78, 5) is 17.1. The van der Waals surface area contributed by atoms with Gasteiger partial charge in [0.05, 0.1) is 0 Å². The minimum atomic E-state index is 0.0509. The van der Waals surface area contributed by atoms with E-state index < -0.39 is 0 Å². The van der Waals surface area contributed by atoms with Crippen molar-refractivity contribution in [3.05, 3.63) is 77.6 Å². The molecule has 0 aliphatic heterocycles. The predicted octanol–water partition coefficient (Wildman–Crippen LogP) is 3.83. The van der Waals surface area contributed by atoms with Gasteiger partial charge in [-0.25, -0.2) is 0 Å². The van der Waals surface area contributed by atoms with Crippen LogP contribution < -0.4 is 0 Å². The van der Waals surface area contributed by atoms with Crippen LogP contribution in [0.3, 0.4) is 0 Å². The maximum atomic E-state index is 12.9. The van der Waals surface area contributed by atoms with Gasteiger partial charge in [-0.3, -0.25) is 9.78 Å². The maximum Gasteiger partial charge on any atom is 0.168 e. The van der Waals surface area contributed by atoms with E-state index >= 15 is 0 Å². The molecule has 0 bridgehead atoms. The van der Waals surface area contributed by atoms with Gasteiger partial charge in [-0.2, -0.15) is 0 Å². The van der Waals surface area contributed by atoms with Gasteiger partial charge in [0.25, 0.3) is 0 Å². The fourth-order valence-corrected chi connectivity index (χ4v) is 3.28. The number of benzene rings is 2. The SMILES string of the molecule is O=C(c1cncc2ccccc12)C1Cc2ccccc2C1. The second kappa shape index (κ2) is 4.81. The van der Waals surface area contributed by atoms with Crippen LogP contribution in [0.15, 0.2) is 60.9 Å². The van der Waals surface area contributed by atoms with E-state index in [1.807, 2.05) is 42.6 Å². The summed E-state index contributed by atoms with van der Waals surface area (Å²) in [5.74, 6) is 0.269. The molecule has 0 N–H and O–H groups in total. The number of carbonyl (C=O) groups is 1. The smallest absolute Gasteiger partial charge is 0.168 e. The molecular weight excluding hydrogens is 258 g/mol. The number of nitrogens with zero attached hydrogens (tertiary/aromatic N) is 1. The Labute approximate surface area is 123 Å². The normalized spacial score (nSPS) is 14.3. The molecule has 0 unspecified atom stereocenters. The molecule has 102 valence electrons.